The first-order valence-corrected chi connectivity index (χ1v) is 6.88. The second-order valence-corrected chi connectivity index (χ2v) is 5.28. The number of ketones is 1. The average molecular weight is 257 g/mol. The lowest BCUT2D eigenvalue weighted by Gasteiger charge is -2.24. The van der Waals surface area contributed by atoms with Gasteiger partial charge in [0.05, 0.1) is 0 Å². The summed E-state index contributed by atoms with van der Waals surface area (Å²) in [5, 5.41) is 11.7. The fourth-order valence-corrected chi connectivity index (χ4v) is 2.55. The topological polar surface area (TPSA) is 53.0 Å². The predicted octanol–water partition coefficient (Wildman–Crippen LogP) is 2.89. The van der Waals surface area contributed by atoms with E-state index in [1.54, 1.807) is 13.0 Å². The summed E-state index contributed by atoms with van der Waals surface area (Å²) in [5.41, 5.74) is 1.65. The fourth-order valence-electron chi connectivity index (χ4n) is 2.55. The van der Waals surface area contributed by atoms with E-state index in [1.165, 1.54) is 19.3 Å². The third kappa shape index (κ3) is 3.22. The molecule has 102 valence electrons. The molecule has 0 spiro atoms. The zero-order valence-corrected chi connectivity index (χ0v) is 11.5. The molecule has 0 saturated heterocycles. The van der Waals surface area contributed by atoms with E-state index >= 15 is 0 Å². The van der Waals surface area contributed by atoms with Crippen molar-refractivity contribution >= 4 is 5.78 Å². The molecule has 1 fully saturated rings. The minimum absolute atomic E-state index is 0.198. The van der Waals surface area contributed by atoms with Gasteiger partial charge in [-0.1, -0.05) is 50.9 Å². The van der Waals surface area contributed by atoms with E-state index in [2.05, 4.69) is 11.2 Å². The standard InChI is InChI=1S/C16H20NO2/c1-11-10-17-16(19)15(12(11)2)14(18)9-8-13-6-4-3-5-7-13/h8-9,13H,3-7H2,1-2H3,(H,17,19)/q-1/p-1/b9-8+. The van der Waals surface area contributed by atoms with E-state index in [1.807, 2.05) is 13.0 Å². The first kappa shape index (κ1) is 13.8. The highest BCUT2D eigenvalue weighted by Crippen LogP contribution is 2.25. The lowest BCUT2D eigenvalue weighted by molar-refractivity contribution is -0.275. The molecule has 0 aliphatic heterocycles. The number of pyridine rings is 1. The summed E-state index contributed by atoms with van der Waals surface area (Å²) in [6.45, 7) is 3.58. The van der Waals surface area contributed by atoms with Crippen molar-refractivity contribution in [3.63, 3.8) is 0 Å². The first-order valence-electron chi connectivity index (χ1n) is 6.88. The van der Waals surface area contributed by atoms with Gasteiger partial charge in [0, 0.05) is 0 Å². The van der Waals surface area contributed by atoms with Crippen LogP contribution in [0.15, 0.2) is 12.2 Å². The van der Waals surface area contributed by atoms with Gasteiger partial charge in [0.25, 0.3) is 0 Å². The van der Waals surface area contributed by atoms with Crippen molar-refractivity contribution in [1.29, 1.82) is 0 Å². The second-order valence-electron chi connectivity index (χ2n) is 5.28. The monoisotopic (exact) mass is 257 g/mol. The summed E-state index contributed by atoms with van der Waals surface area (Å²) < 4.78 is 0. The SMILES string of the molecule is Cc1[c-]nc([O-])c(C(=O)/C=C/C2CCCCC2)c1C. The Kier molecular flexibility index (Phi) is 4.35. The summed E-state index contributed by atoms with van der Waals surface area (Å²) in [7, 11) is 0. The summed E-state index contributed by atoms with van der Waals surface area (Å²) in [6.07, 6.45) is 12.2. The molecule has 1 saturated carbocycles. The molecule has 1 aromatic heterocycles. The van der Waals surface area contributed by atoms with E-state index in [0.29, 0.717) is 11.5 Å². The van der Waals surface area contributed by atoms with Gasteiger partial charge >= 0.3 is 0 Å². The number of allylic oxidation sites excluding steroid dienone is 2. The maximum atomic E-state index is 12.1. The van der Waals surface area contributed by atoms with E-state index in [-0.39, 0.29) is 11.3 Å². The number of aryl methyl sites for hydroxylation is 1. The Balaban J connectivity index is 2.15. The van der Waals surface area contributed by atoms with Crippen molar-refractivity contribution in [2.45, 2.75) is 46.0 Å². The third-order valence-corrected chi connectivity index (χ3v) is 3.89. The Morgan fingerprint density at radius 2 is 2.00 bits per heavy atom. The Hall–Kier alpha value is -1.64. The number of nitrogens with zero attached hydrogens (tertiary/aromatic N) is 1. The van der Waals surface area contributed by atoms with Gasteiger partial charge in [0.15, 0.2) is 5.78 Å². The number of carbonyl (C=O) groups excluding carboxylic acids is 1. The molecule has 1 heterocycles. The lowest BCUT2D eigenvalue weighted by atomic mass is 9.88. The van der Waals surface area contributed by atoms with Gasteiger partial charge in [0.2, 0.25) is 0 Å². The Labute approximate surface area is 114 Å². The highest BCUT2D eigenvalue weighted by atomic mass is 16.3. The van der Waals surface area contributed by atoms with Crippen LogP contribution in [0.25, 0.3) is 0 Å². The zero-order valence-electron chi connectivity index (χ0n) is 11.5. The fraction of sp³-hybridized carbons (Fsp3) is 0.500. The summed E-state index contributed by atoms with van der Waals surface area (Å²) in [4.78, 5) is 15.8. The van der Waals surface area contributed by atoms with Gasteiger partial charge in [-0.05, 0) is 24.8 Å². The molecule has 0 amide bonds. The van der Waals surface area contributed by atoms with Gasteiger partial charge in [-0.2, -0.15) is 0 Å². The average Bonchev–Trinajstić information content (AvgIpc) is 2.42. The van der Waals surface area contributed by atoms with Crippen LogP contribution in [0, 0.1) is 26.0 Å². The molecule has 1 aliphatic rings. The van der Waals surface area contributed by atoms with Gasteiger partial charge in [-0.15, -0.1) is 17.0 Å². The lowest BCUT2D eigenvalue weighted by Crippen LogP contribution is -2.10. The third-order valence-electron chi connectivity index (χ3n) is 3.89. The maximum absolute atomic E-state index is 12.1. The highest BCUT2D eigenvalue weighted by Gasteiger charge is 2.10. The molecular formula is C16H19NO2-2. The molecule has 1 aromatic rings. The molecule has 2 rings (SSSR count). The summed E-state index contributed by atoms with van der Waals surface area (Å²) in [5.74, 6) is -0.212. The van der Waals surface area contributed by atoms with E-state index in [0.717, 1.165) is 18.4 Å². The molecule has 0 bridgehead atoms. The van der Waals surface area contributed by atoms with Crippen molar-refractivity contribution in [2.75, 3.05) is 0 Å². The van der Waals surface area contributed by atoms with Crippen LogP contribution in [0.4, 0.5) is 0 Å². The van der Waals surface area contributed by atoms with Crippen LogP contribution in [0.5, 0.6) is 5.88 Å². The molecule has 0 N–H and O–H groups in total. The first-order chi connectivity index (χ1) is 9.09. The van der Waals surface area contributed by atoms with Gasteiger partial charge in [-0.25, -0.2) is 0 Å². The highest BCUT2D eigenvalue weighted by molar-refractivity contribution is 6.07. The minimum atomic E-state index is -0.471. The Morgan fingerprint density at radius 1 is 1.32 bits per heavy atom. The van der Waals surface area contributed by atoms with Crippen molar-refractivity contribution in [1.82, 2.24) is 4.98 Å². The molecule has 0 aromatic carbocycles. The molecular weight excluding hydrogens is 238 g/mol. The van der Waals surface area contributed by atoms with Gasteiger partial charge in [-0.3, -0.25) is 4.79 Å². The molecule has 0 atom stereocenters. The molecule has 3 nitrogen and oxygen atoms in total. The van der Waals surface area contributed by atoms with Crippen LogP contribution < -0.4 is 5.11 Å². The van der Waals surface area contributed by atoms with Crippen molar-refractivity contribution in [3.8, 4) is 5.88 Å². The zero-order chi connectivity index (χ0) is 13.8. The van der Waals surface area contributed by atoms with Crippen LogP contribution in [-0.4, -0.2) is 10.8 Å². The number of aromatic nitrogens is 1. The number of hydrogen-bond acceptors (Lipinski definition) is 3. The van der Waals surface area contributed by atoms with Gasteiger partial charge in [0.1, 0.15) is 0 Å². The smallest absolute Gasteiger partial charge is 0.162 e. The van der Waals surface area contributed by atoms with Crippen LogP contribution in [0.3, 0.4) is 0 Å². The predicted molar refractivity (Wildman–Crippen MR) is 72.0 cm³/mol. The van der Waals surface area contributed by atoms with Crippen molar-refractivity contribution < 1.29 is 9.90 Å². The Morgan fingerprint density at radius 3 is 2.68 bits per heavy atom. The van der Waals surface area contributed by atoms with Crippen LogP contribution >= 0.6 is 0 Å². The van der Waals surface area contributed by atoms with Crippen molar-refractivity contribution in [2.24, 2.45) is 5.92 Å². The summed E-state index contributed by atoms with van der Waals surface area (Å²) >= 11 is 0. The van der Waals surface area contributed by atoms with Crippen LogP contribution in [0.2, 0.25) is 0 Å². The van der Waals surface area contributed by atoms with Crippen LogP contribution in [0.1, 0.15) is 53.6 Å². The van der Waals surface area contributed by atoms with Gasteiger partial charge < -0.3 is 10.1 Å². The quantitative estimate of drug-likeness (QED) is 0.475. The maximum Gasteiger partial charge on any atom is 0.162 e. The van der Waals surface area contributed by atoms with Crippen molar-refractivity contribution in [3.05, 3.63) is 35.0 Å². The van der Waals surface area contributed by atoms with Crippen LogP contribution in [-0.2, 0) is 0 Å². The Bertz CT molecular complexity index is 500. The largest absolute Gasteiger partial charge is 0.915 e. The number of rotatable bonds is 3. The normalized spacial score (nSPS) is 16.9. The minimum Gasteiger partial charge on any atom is -0.915 e. The number of hydrogen-bond donors (Lipinski definition) is 0. The molecule has 0 radical (unpaired) electrons. The summed E-state index contributed by atoms with van der Waals surface area (Å²) in [6, 6.07) is 0. The molecule has 1 aliphatic carbocycles. The number of carbonyl (C=O) groups is 1. The molecule has 19 heavy (non-hydrogen) atoms. The van der Waals surface area contributed by atoms with E-state index < -0.39 is 5.88 Å². The van der Waals surface area contributed by atoms with E-state index in [4.69, 9.17) is 0 Å². The molecule has 0 unspecified atom stereocenters. The van der Waals surface area contributed by atoms with E-state index in [9.17, 15) is 9.90 Å². The second kappa shape index (κ2) is 6.00. The molecule has 3 heteroatoms.